The third-order valence-electron chi connectivity index (χ3n) is 7.32. The number of hydrogen-bond donors (Lipinski definition) is 3. The second kappa shape index (κ2) is 13.9. The monoisotopic (exact) mass is 591 g/mol. The van der Waals surface area contributed by atoms with E-state index in [9.17, 15) is 19.5 Å². The van der Waals surface area contributed by atoms with Crippen LogP contribution in [0.1, 0.15) is 77.1 Å². The van der Waals surface area contributed by atoms with Crippen LogP contribution in [0.5, 0.6) is 0 Å². The van der Waals surface area contributed by atoms with Crippen molar-refractivity contribution in [3.05, 3.63) is 41.0 Å². The van der Waals surface area contributed by atoms with E-state index >= 15 is 0 Å². The Kier molecular flexibility index (Phi) is 11.1. The largest absolute Gasteiger partial charge is 0.391 e. The molecule has 0 bridgehead atoms. The quantitative estimate of drug-likeness (QED) is 0.266. The number of aliphatic hydroxyl groups is 1. The van der Waals surface area contributed by atoms with Gasteiger partial charge in [-0.25, -0.2) is 9.40 Å². The summed E-state index contributed by atoms with van der Waals surface area (Å²) in [5, 5.41) is 13.4. The van der Waals surface area contributed by atoms with Gasteiger partial charge in [-0.1, -0.05) is 51.5 Å². The summed E-state index contributed by atoms with van der Waals surface area (Å²) in [6, 6.07) is 5.52. The molecule has 2 heterocycles. The number of unbranched alkanes of at least 4 members (excludes halogenated alkanes) is 2. The predicted molar refractivity (Wildman–Crippen MR) is 158 cm³/mol. The molecule has 1 saturated heterocycles. The smallest absolute Gasteiger partial charge is 0.260 e. The average molecular weight is 592 g/mol. The van der Waals surface area contributed by atoms with Crippen molar-refractivity contribution < 1.29 is 19.5 Å². The van der Waals surface area contributed by atoms with Crippen molar-refractivity contribution in [2.24, 2.45) is 11.1 Å². The average Bonchev–Trinajstić information content (AvgIpc) is 3.52. The standard InChI is InChI=1S/C29H42ClN5O4S/c1-18-25(40-17-32-18)21-12-10-20(11-13-21)19(2)35(30)27(38)23-15-22(36)16-34(23)28(39)26(29(3,4)5)33-24(37)9-7-6-8-14-31/h10-13,17,19,22-23,26,36H,6-9,14-16,31H2,1-5H3,(H,33,37)/t19-,22+,23-,26+/m0/s1. The Hall–Kier alpha value is -2.53. The molecule has 220 valence electrons. The minimum atomic E-state index is -0.937. The summed E-state index contributed by atoms with van der Waals surface area (Å²) >= 11 is 8.16. The van der Waals surface area contributed by atoms with Crippen LogP contribution in [0.15, 0.2) is 29.8 Å². The number of aryl methyl sites for hydroxylation is 1. The molecule has 3 amide bonds. The minimum absolute atomic E-state index is 0.00377. The number of β-amino-alcohol motifs (C(OH)–C–C–N with tert-alkyl or cyclic N) is 1. The van der Waals surface area contributed by atoms with E-state index in [1.54, 1.807) is 11.3 Å². The van der Waals surface area contributed by atoms with Crippen LogP contribution < -0.4 is 11.1 Å². The molecule has 4 atom stereocenters. The summed E-state index contributed by atoms with van der Waals surface area (Å²) in [4.78, 5) is 46.8. The first-order valence-corrected chi connectivity index (χ1v) is 15.0. The number of benzene rings is 1. The summed E-state index contributed by atoms with van der Waals surface area (Å²) < 4.78 is 1.11. The van der Waals surface area contributed by atoms with Crippen LogP contribution in [0.4, 0.5) is 0 Å². The van der Waals surface area contributed by atoms with Crippen LogP contribution in [0.3, 0.4) is 0 Å². The van der Waals surface area contributed by atoms with Crippen molar-refractivity contribution in [2.45, 2.75) is 91.0 Å². The number of hydrogen-bond acceptors (Lipinski definition) is 7. The molecule has 1 fully saturated rings. The van der Waals surface area contributed by atoms with Gasteiger partial charge < -0.3 is 21.1 Å². The zero-order valence-corrected chi connectivity index (χ0v) is 25.6. The van der Waals surface area contributed by atoms with Gasteiger partial charge in [0.1, 0.15) is 12.1 Å². The molecule has 1 aliphatic rings. The number of halogens is 1. The number of nitrogens with one attached hydrogen (secondary N) is 1. The highest BCUT2D eigenvalue weighted by molar-refractivity contribution is 7.13. The summed E-state index contributed by atoms with van der Waals surface area (Å²) in [5.41, 5.74) is 9.55. The molecule has 1 aromatic carbocycles. The van der Waals surface area contributed by atoms with Gasteiger partial charge in [0.2, 0.25) is 11.8 Å². The Morgan fingerprint density at radius 1 is 1.23 bits per heavy atom. The molecule has 40 heavy (non-hydrogen) atoms. The van der Waals surface area contributed by atoms with Crippen LogP contribution in [0.25, 0.3) is 10.4 Å². The molecule has 11 heteroatoms. The molecular formula is C29H42ClN5O4S. The molecular weight excluding hydrogens is 550 g/mol. The Labute approximate surface area is 246 Å². The second-order valence-electron chi connectivity index (χ2n) is 11.6. The highest BCUT2D eigenvalue weighted by atomic mass is 35.5. The molecule has 9 nitrogen and oxygen atoms in total. The number of rotatable bonds is 11. The third-order valence-corrected chi connectivity index (χ3v) is 8.76. The van der Waals surface area contributed by atoms with E-state index in [0.29, 0.717) is 19.4 Å². The Morgan fingerprint density at radius 2 is 1.90 bits per heavy atom. The number of nitrogens with two attached hydrogens (primary N) is 1. The van der Waals surface area contributed by atoms with Gasteiger partial charge in [-0.2, -0.15) is 0 Å². The maximum Gasteiger partial charge on any atom is 0.260 e. The van der Waals surface area contributed by atoms with Gasteiger partial charge in [-0.3, -0.25) is 14.4 Å². The lowest BCUT2D eigenvalue weighted by molar-refractivity contribution is -0.146. The van der Waals surface area contributed by atoms with Crippen LogP contribution in [0, 0.1) is 12.3 Å². The van der Waals surface area contributed by atoms with E-state index in [4.69, 9.17) is 17.5 Å². The van der Waals surface area contributed by atoms with Gasteiger partial charge in [0, 0.05) is 31.2 Å². The lowest BCUT2D eigenvalue weighted by Gasteiger charge is -2.36. The summed E-state index contributed by atoms with van der Waals surface area (Å²) in [6.45, 7) is 9.94. The number of amides is 3. The van der Waals surface area contributed by atoms with E-state index in [-0.39, 0.29) is 18.9 Å². The summed E-state index contributed by atoms with van der Waals surface area (Å²) in [6.07, 6.45) is 1.86. The fourth-order valence-electron chi connectivity index (χ4n) is 4.90. The lowest BCUT2D eigenvalue weighted by atomic mass is 9.85. The van der Waals surface area contributed by atoms with Crippen LogP contribution >= 0.6 is 23.1 Å². The van der Waals surface area contributed by atoms with Gasteiger partial charge >= 0.3 is 0 Å². The molecule has 0 saturated carbocycles. The van der Waals surface area contributed by atoms with Crippen molar-refractivity contribution in [3.8, 4) is 10.4 Å². The van der Waals surface area contributed by atoms with E-state index < -0.39 is 41.5 Å². The number of aromatic nitrogens is 1. The van der Waals surface area contributed by atoms with Gasteiger partial charge in [0.05, 0.1) is 28.2 Å². The zero-order chi connectivity index (χ0) is 29.6. The molecule has 0 spiro atoms. The maximum atomic E-state index is 13.8. The predicted octanol–water partition coefficient (Wildman–Crippen LogP) is 4.17. The molecule has 0 unspecified atom stereocenters. The Bertz CT molecular complexity index is 1170. The highest BCUT2D eigenvalue weighted by Gasteiger charge is 2.46. The van der Waals surface area contributed by atoms with Crippen molar-refractivity contribution in [2.75, 3.05) is 13.1 Å². The highest BCUT2D eigenvalue weighted by Crippen LogP contribution is 2.32. The van der Waals surface area contributed by atoms with Crippen molar-refractivity contribution in [3.63, 3.8) is 0 Å². The third kappa shape index (κ3) is 7.81. The molecule has 0 radical (unpaired) electrons. The first-order valence-electron chi connectivity index (χ1n) is 13.8. The molecule has 2 aromatic rings. The summed E-state index contributed by atoms with van der Waals surface area (Å²) in [7, 11) is 0. The van der Waals surface area contributed by atoms with E-state index in [1.807, 2.05) is 64.4 Å². The maximum absolute atomic E-state index is 13.8. The van der Waals surface area contributed by atoms with Gasteiger partial charge in [0.15, 0.2) is 0 Å². The number of nitrogens with zero attached hydrogens (tertiary/aromatic N) is 3. The molecule has 4 N–H and O–H groups in total. The zero-order valence-electron chi connectivity index (χ0n) is 24.0. The van der Waals surface area contributed by atoms with Crippen molar-refractivity contribution >= 4 is 40.8 Å². The second-order valence-corrected chi connectivity index (χ2v) is 12.8. The fourth-order valence-corrected chi connectivity index (χ4v) is 5.94. The lowest BCUT2D eigenvalue weighted by Crippen LogP contribution is -2.57. The molecule has 0 aliphatic carbocycles. The van der Waals surface area contributed by atoms with Gasteiger partial charge in [-0.15, -0.1) is 11.3 Å². The normalized spacial score (nSPS) is 18.9. The van der Waals surface area contributed by atoms with E-state index in [2.05, 4.69) is 10.3 Å². The Balaban J connectivity index is 1.73. The van der Waals surface area contributed by atoms with Crippen LogP contribution in [-0.4, -0.2) is 68.4 Å². The number of carbonyl (C=O) groups excluding carboxylic acids is 3. The topological polar surface area (TPSA) is 129 Å². The number of thiazole rings is 1. The number of likely N-dealkylation sites (tertiary alicyclic amines) is 1. The van der Waals surface area contributed by atoms with Crippen LogP contribution in [0.2, 0.25) is 0 Å². The SMILES string of the molecule is Cc1ncsc1-c1ccc([C@H](C)N(Cl)C(=O)[C@@H]2C[C@@H](O)CN2C(=O)[C@@H](NC(=O)CCCCCN)C(C)(C)C)cc1. The van der Waals surface area contributed by atoms with E-state index in [0.717, 1.165) is 39.0 Å². The number of carbonyl (C=O) groups is 3. The first-order chi connectivity index (χ1) is 18.8. The van der Waals surface area contributed by atoms with E-state index in [1.165, 1.54) is 4.90 Å². The Morgan fingerprint density at radius 3 is 2.48 bits per heavy atom. The molecule has 1 aliphatic heterocycles. The molecule has 3 rings (SSSR count). The minimum Gasteiger partial charge on any atom is -0.391 e. The first kappa shape index (κ1) is 32.0. The van der Waals surface area contributed by atoms with Gasteiger partial charge in [-0.05, 0) is 49.8 Å². The molecule has 1 aromatic heterocycles. The van der Waals surface area contributed by atoms with Gasteiger partial charge in [0.25, 0.3) is 5.91 Å². The van der Waals surface area contributed by atoms with Crippen molar-refractivity contribution in [1.82, 2.24) is 19.6 Å². The summed E-state index contributed by atoms with van der Waals surface area (Å²) in [5.74, 6) is -1.10. The number of aliphatic hydroxyl groups excluding tert-OH is 1. The van der Waals surface area contributed by atoms with Crippen molar-refractivity contribution in [1.29, 1.82) is 0 Å². The fraction of sp³-hybridized carbons (Fsp3) is 0.586. The van der Waals surface area contributed by atoms with Crippen LogP contribution in [-0.2, 0) is 14.4 Å².